The summed E-state index contributed by atoms with van der Waals surface area (Å²) < 4.78 is 55.7. The number of primary sulfonamides is 1. The molecule has 2 aromatic carbocycles. The Kier molecular flexibility index (Phi) is 4.98. The van der Waals surface area contributed by atoms with E-state index in [9.17, 15) is 21.6 Å². The number of esters is 1. The van der Waals surface area contributed by atoms with Crippen LogP contribution in [0.2, 0.25) is 0 Å². The lowest BCUT2D eigenvalue weighted by atomic mass is 10.1. The van der Waals surface area contributed by atoms with Crippen LogP contribution in [0, 0.1) is 6.92 Å². The van der Waals surface area contributed by atoms with Crippen molar-refractivity contribution >= 4 is 31.7 Å². The molecule has 2 aromatic rings. The van der Waals surface area contributed by atoms with E-state index in [2.05, 4.69) is 4.74 Å². The van der Waals surface area contributed by atoms with Crippen molar-refractivity contribution in [3.8, 4) is 0 Å². The van der Waals surface area contributed by atoms with Crippen molar-refractivity contribution in [3.05, 3.63) is 53.1 Å². The van der Waals surface area contributed by atoms with Crippen molar-refractivity contribution in [2.75, 3.05) is 11.4 Å². The molecule has 1 aliphatic heterocycles. The average molecular weight is 425 g/mol. The molecule has 2 N–H and O–H groups in total. The number of fused-ring (bicyclic) bond motifs is 1. The van der Waals surface area contributed by atoms with Crippen LogP contribution in [0.4, 0.5) is 5.69 Å². The first kappa shape index (κ1) is 20.3. The number of carbonyl (C=O) groups is 1. The van der Waals surface area contributed by atoms with Crippen LogP contribution in [0.5, 0.6) is 0 Å². The molecule has 28 heavy (non-hydrogen) atoms. The predicted octanol–water partition coefficient (Wildman–Crippen LogP) is 1.57. The van der Waals surface area contributed by atoms with Crippen molar-refractivity contribution in [2.45, 2.75) is 36.1 Å². The summed E-state index contributed by atoms with van der Waals surface area (Å²) in [4.78, 5) is 11.7. The van der Waals surface area contributed by atoms with Crippen LogP contribution in [0.3, 0.4) is 0 Å². The zero-order chi connectivity index (χ0) is 20.9. The van der Waals surface area contributed by atoms with Gasteiger partial charge in [-0.05, 0) is 67.8 Å². The first-order chi connectivity index (χ1) is 13.0. The van der Waals surface area contributed by atoms with Crippen LogP contribution < -0.4 is 9.44 Å². The summed E-state index contributed by atoms with van der Waals surface area (Å²) in [5, 5.41) is 5.17. The molecule has 1 heterocycles. The van der Waals surface area contributed by atoms with Crippen molar-refractivity contribution in [3.63, 3.8) is 0 Å². The number of ether oxygens (including phenoxy) is 1. The van der Waals surface area contributed by atoms with Crippen molar-refractivity contribution in [1.82, 2.24) is 0 Å². The van der Waals surface area contributed by atoms with Gasteiger partial charge in [0.1, 0.15) is 0 Å². The summed E-state index contributed by atoms with van der Waals surface area (Å²) in [6.07, 6.45) is 0.358. The van der Waals surface area contributed by atoms with Gasteiger partial charge in [0.25, 0.3) is 10.0 Å². The van der Waals surface area contributed by atoms with Gasteiger partial charge >= 0.3 is 5.97 Å². The van der Waals surface area contributed by atoms with Crippen LogP contribution in [-0.2, 0) is 31.2 Å². The van der Waals surface area contributed by atoms with Crippen LogP contribution in [0.25, 0.3) is 0 Å². The monoisotopic (exact) mass is 424 g/mol. The summed E-state index contributed by atoms with van der Waals surface area (Å²) in [6, 6.07) is 7.98. The fourth-order valence-corrected chi connectivity index (χ4v) is 5.88. The van der Waals surface area contributed by atoms with Crippen LogP contribution >= 0.6 is 0 Å². The molecule has 0 radical (unpaired) electrons. The molecule has 0 bridgehead atoms. The SMILES string of the molecule is COC(=O)c1ccc(S(=O)(=O)N2c3ccc(S(N)(=O)=O)cc3CC2C)c(C)c1. The molecule has 0 aromatic heterocycles. The molecule has 0 fully saturated rings. The molecule has 150 valence electrons. The second kappa shape index (κ2) is 6.87. The van der Waals surface area contributed by atoms with E-state index in [1.54, 1.807) is 13.8 Å². The molecule has 0 spiro atoms. The summed E-state index contributed by atoms with van der Waals surface area (Å²) in [5.41, 5.74) is 1.67. The number of nitrogens with two attached hydrogens (primary N) is 1. The Bertz CT molecular complexity index is 1170. The van der Waals surface area contributed by atoms with E-state index in [4.69, 9.17) is 5.14 Å². The second-order valence-electron chi connectivity index (χ2n) is 6.66. The van der Waals surface area contributed by atoms with Gasteiger partial charge in [-0.1, -0.05) is 0 Å². The number of sulfonamides is 2. The lowest BCUT2D eigenvalue weighted by molar-refractivity contribution is 0.0600. The molecular formula is C18H20N2O6S2. The second-order valence-corrected chi connectivity index (χ2v) is 10.0. The molecule has 3 rings (SSSR count). The molecular weight excluding hydrogens is 404 g/mol. The van der Waals surface area contributed by atoms with E-state index in [1.165, 1.54) is 47.8 Å². The normalized spacial score (nSPS) is 16.7. The number of hydrogen-bond acceptors (Lipinski definition) is 6. The first-order valence-corrected chi connectivity index (χ1v) is 11.3. The minimum absolute atomic E-state index is 0.0590. The Balaban J connectivity index is 2.08. The number of nitrogens with zero attached hydrogens (tertiary/aromatic N) is 1. The Labute approximate surface area is 164 Å². The Morgan fingerprint density at radius 1 is 1.14 bits per heavy atom. The number of rotatable bonds is 4. The Morgan fingerprint density at radius 2 is 1.82 bits per heavy atom. The molecule has 0 aliphatic carbocycles. The largest absolute Gasteiger partial charge is 0.465 e. The molecule has 0 amide bonds. The molecule has 1 unspecified atom stereocenters. The van der Waals surface area contributed by atoms with E-state index in [0.29, 0.717) is 23.2 Å². The third-order valence-electron chi connectivity index (χ3n) is 4.67. The van der Waals surface area contributed by atoms with Gasteiger partial charge in [-0.25, -0.2) is 26.8 Å². The Hall–Kier alpha value is -2.43. The highest BCUT2D eigenvalue weighted by Crippen LogP contribution is 2.38. The number of hydrogen-bond donors (Lipinski definition) is 1. The van der Waals surface area contributed by atoms with E-state index in [-0.39, 0.29) is 15.4 Å². The Morgan fingerprint density at radius 3 is 2.39 bits per heavy atom. The standard InChI is InChI=1S/C18H20N2O6S2/c1-11-8-13(18(21)26-3)4-7-17(11)28(24,25)20-12(2)9-14-10-15(27(19,22)23)5-6-16(14)20/h4-8,10,12H,9H2,1-3H3,(H2,19,22,23). The first-order valence-electron chi connectivity index (χ1n) is 8.36. The average Bonchev–Trinajstić information content (AvgIpc) is 2.95. The van der Waals surface area contributed by atoms with Gasteiger partial charge in [0.05, 0.1) is 28.2 Å². The van der Waals surface area contributed by atoms with E-state index in [1.807, 2.05) is 0 Å². The molecule has 0 saturated carbocycles. The number of benzene rings is 2. The van der Waals surface area contributed by atoms with Gasteiger partial charge in [-0.3, -0.25) is 4.31 Å². The van der Waals surface area contributed by atoms with Gasteiger partial charge in [0.15, 0.2) is 0 Å². The number of methoxy groups -OCH3 is 1. The van der Waals surface area contributed by atoms with Gasteiger partial charge in [0, 0.05) is 6.04 Å². The highest BCUT2D eigenvalue weighted by atomic mass is 32.2. The quantitative estimate of drug-likeness (QED) is 0.743. The lowest BCUT2D eigenvalue weighted by Gasteiger charge is -2.25. The zero-order valence-electron chi connectivity index (χ0n) is 15.5. The highest BCUT2D eigenvalue weighted by Gasteiger charge is 2.37. The van der Waals surface area contributed by atoms with E-state index < -0.39 is 32.1 Å². The maximum atomic E-state index is 13.3. The number of carbonyl (C=O) groups excluding carboxylic acids is 1. The number of anilines is 1. The molecule has 1 atom stereocenters. The van der Waals surface area contributed by atoms with Crippen molar-refractivity contribution in [2.24, 2.45) is 5.14 Å². The van der Waals surface area contributed by atoms with Crippen molar-refractivity contribution in [1.29, 1.82) is 0 Å². The van der Waals surface area contributed by atoms with Crippen LogP contribution in [0.1, 0.15) is 28.4 Å². The smallest absolute Gasteiger partial charge is 0.337 e. The maximum Gasteiger partial charge on any atom is 0.337 e. The molecule has 1 aliphatic rings. The molecule has 0 saturated heterocycles. The topological polar surface area (TPSA) is 124 Å². The highest BCUT2D eigenvalue weighted by molar-refractivity contribution is 7.93. The van der Waals surface area contributed by atoms with Gasteiger partial charge < -0.3 is 4.74 Å². The zero-order valence-corrected chi connectivity index (χ0v) is 17.2. The summed E-state index contributed by atoms with van der Waals surface area (Å²) >= 11 is 0. The maximum absolute atomic E-state index is 13.3. The summed E-state index contributed by atoms with van der Waals surface area (Å²) in [7, 11) is -6.56. The third kappa shape index (κ3) is 3.38. The van der Waals surface area contributed by atoms with E-state index in [0.717, 1.165) is 0 Å². The van der Waals surface area contributed by atoms with Gasteiger partial charge in [0.2, 0.25) is 10.0 Å². The minimum Gasteiger partial charge on any atom is -0.465 e. The third-order valence-corrected chi connectivity index (χ3v) is 7.66. The fraction of sp³-hybridized carbons (Fsp3) is 0.278. The molecule has 10 heteroatoms. The van der Waals surface area contributed by atoms with Crippen LogP contribution in [0.15, 0.2) is 46.2 Å². The van der Waals surface area contributed by atoms with E-state index >= 15 is 0 Å². The summed E-state index contributed by atoms with van der Waals surface area (Å²) in [5.74, 6) is -0.553. The number of aryl methyl sites for hydroxylation is 1. The molecule has 8 nitrogen and oxygen atoms in total. The lowest BCUT2D eigenvalue weighted by Crippen LogP contribution is -2.36. The van der Waals surface area contributed by atoms with Crippen LogP contribution in [-0.4, -0.2) is 36.0 Å². The minimum atomic E-state index is -3.93. The predicted molar refractivity (Wildman–Crippen MR) is 103 cm³/mol. The van der Waals surface area contributed by atoms with Gasteiger partial charge in [-0.15, -0.1) is 0 Å². The summed E-state index contributed by atoms with van der Waals surface area (Å²) in [6.45, 7) is 3.34. The van der Waals surface area contributed by atoms with Gasteiger partial charge in [-0.2, -0.15) is 0 Å². The fourth-order valence-electron chi connectivity index (χ4n) is 3.41. The van der Waals surface area contributed by atoms with Crippen molar-refractivity contribution < 1.29 is 26.4 Å².